The molecule has 0 fully saturated rings. The molecule has 0 heterocycles. The van der Waals surface area contributed by atoms with Crippen molar-refractivity contribution in [2.24, 2.45) is 0 Å². The van der Waals surface area contributed by atoms with Gasteiger partial charge < -0.3 is 9.80 Å². The quantitative estimate of drug-likeness (QED) is 0.0796. The van der Waals surface area contributed by atoms with Gasteiger partial charge in [0.05, 0.1) is 33.6 Å². The third-order valence-corrected chi connectivity index (χ3v) is 22.7. The molecule has 18 rings (SSSR count). The highest BCUT2D eigenvalue weighted by molar-refractivity contribution is 6.15. The van der Waals surface area contributed by atoms with Gasteiger partial charge in [-0.1, -0.05) is 343 Å². The van der Waals surface area contributed by atoms with E-state index in [1.165, 1.54) is 132 Å². The number of aryl methyl sites for hydroxylation is 2. The molecule has 0 aliphatic heterocycles. The highest BCUT2D eigenvalue weighted by Gasteiger charge is 2.48. The summed E-state index contributed by atoms with van der Waals surface area (Å²) in [7, 11) is 0. The fraction of sp³-hybridized carbons (Fsp3) is 0.0980. The average molecular weight is 1330 g/mol. The monoisotopic (exact) mass is 1330 g/mol. The number of hydrogen-bond acceptors (Lipinski definition) is 2. The minimum atomic E-state index is -0.628. The third-order valence-electron chi connectivity index (χ3n) is 22.7. The van der Waals surface area contributed by atoms with Crippen LogP contribution >= 0.6 is 0 Å². The number of unbranched alkanes of at least 4 members (excludes halogenated alkanes) is 2. The minimum Gasteiger partial charge on any atom is -0.309 e. The number of anilines is 6. The molecule has 0 saturated heterocycles. The minimum absolute atomic E-state index is 0.628. The van der Waals surface area contributed by atoms with Gasteiger partial charge in [0, 0.05) is 32.9 Å². The van der Waals surface area contributed by atoms with Crippen molar-refractivity contribution in [1.82, 2.24) is 0 Å². The highest BCUT2D eigenvalue weighted by atomic mass is 15.2. The lowest BCUT2D eigenvalue weighted by molar-refractivity contribution is 0.768. The second-order valence-electron chi connectivity index (χ2n) is 28.3. The Morgan fingerprint density at radius 3 is 1.05 bits per heavy atom. The molecule has 2 aliphatic carbocycles. The lowest BCUT2D eigenvalue weighted by atomic mass is 9.67. The van der Waals surface area contributed by atoms with Crippen molar-refractivity contribution in [2.45, 2.75) is 63.2 Å². The molecule has 2 unspecified atom stereocenters. The van der Waals surface area contributed by atoms with Crippen LogP contribution < -0.4 is 9.80 Å². The first kappa shape index (κ1) is 63.8. The zero-order chi connectivity index (χ0) is 69.9. The first-order valence-electron chi connectivity index (χ1n) is 37.1. The van der Waals surface area contributed by atoms with E-state index in [9.17, 15) is 0 Å². The Morgan fingerprint density at radius 2 is 0.625 bits per heavy atom. The first-order valence-corrected chi connectivity index (χ1v) is 37.1. The van der Waals surface area contributed by atoms with Crippen LogP contribution in [0.15, 0.2) is 353 Å². The molecule has 16 aromatic carbocycles. The van der Waals surface area contributed by atoms with Crippen molar-refractivity contribution in [3.63, 3.8) is 0 Å². The molecule has 0 bridgehead atoms. The zero-order valence-electron chi connectivity index (χ0n) is 59.0. The van der Waals surface area contributed by atoms with Gasteiger partial charge in [0.25, 0.3) is 0 Å². The summed E-state index contributed by atoms with van der Waals surface area (Å²) in [6.07, 6.45) is 10.3. The van der Waals surface area contributed by atoms with Crippen molar-refractivity contribution in [3.8, 4) is 33.4 Å². The van der Waals surface area contributed by atoms with Gasteiger partial charge in [-0.05, 0) is 196 Å². The summed E-state index contributed by atoms with van der Waals surface area (Å²) in [5, 5.41) is 9.57. The van der Waals surface area contributed by atoms with Crippen LogP contribution in [0.4, 0.5) is 34.1 Å². The molecule has 498 valence electrons. The molecule has 16 aromatic rings. The number of benzene rings is 16. The lowest BCUT2D eigenvalue weighted by Crippen LogP contribution is -2.28. The van der Waals surface area contributed by atoms with Gasteiger partial charge in [-0.15, -0.1) is 0 Å². The second-order valence-corrected chi connectivity index (χ2v) is 28.3. The molecule has 0 aromatic heterocycles. The van der Waals surface area contributed by atoms with E-state index in [1.807, 2.05) is 12.2 Å². The van der Waals surface area contributed by atoms with E-state index in [-0.39, 0.29) is 0 Å². The Hall–Kier alpha value is -12.4. The topological polar surface area (TPSA) is 6.48 Å². The van der Waals surface area contributed by atoms with Gasteiger partial charge in [-0.3, -0.25) is 0 Å². The summed E-state index contributed by atoms with van der Waals surface area (Å²) in [5.41, 5.74) is 27.6. The standard InChI is InChI=1S/C102H80N2/c1-5-9-27-71-49-57-89-91(65-71)83(61-63-99(89)103(97-43-25-31-73-29-17-19-37-81(73)97)79-55-59-87-85-39-21-23-41-93(85)101(95(87)67-79,75-33-13-11-14-34-75)77-51-45-69(7-3)46-52-77)84-62-64-100(90-58-50-72(28-10-6-2)66-92(84)90)104(98-44-26-32-74-30-18-20-38-82(74)98)80-56-60-88-86-40-22-24-42-94(86)102(96(88)68-80,76-35-15-12-16-36-76)78-53-47-70(8-4)48-54-78/h7-8,11-26,29-68H,3-6,9-10,27-28H2,1-2H3. The largest absolute Gasteiger partial charge is 0.309 e. The molecule has 104 heavy (non-hydrogen) atoms. The van der Waals surface area contributed by atoms with E-state index < -0.39 is 10.8 Å². The maximum absolute atomic E-state index is 4.17. The van der Waals surface area contributed by atoms with Crippen molar-refractivity contribution < 1.29 is 0 Å². The number of fused-ring (bicyclic) bond motifs is 10. The Kier molecular flexibility index (Phi) is 16.3. The molecule has 0 saturated carbocycles. The van der Waals surface area contributed by atoms with Gasteiger partial charge in [-0.25, -0.2) is 0 Å². The van der Waals surface area contributed by atoms with Gasteiger partial charge in [0.15, 0.2) is 0 Å². The van der Waals surface area contributed by atoms with Gasteiger partial charge in [0.1, 0.15) is 0 Å². The first-order chi connectivity index (χ1) is 51.4. The van der Waals surface area contributed by atoms with Gasteiger partial charge in [0.2, 0.25) is 0 Å². The van der Waals surface area contributed by atoms with E-state index >= 15 is 0 Å². The molecule has 0 spiro atoms. The Bertz CT molecular complexity index is 5620. The van der Waals surface area contributed by atoms with Crippen LogP contribution in [-0.4, -0.2) is 0 Å². The van der Waals surface area contributed by atoms with E-state index in [0.29, 0.717) is 0 Å². The summed E-state index contributed by atoms with van der Waals surface area (Å²) in [6, 6.07) is 129. The van der Waals surface area contributed by atoms with E-state index in [4.69, 9.17) is 0 Å². The van der Waals surface area contributed by atoms with E-state index in [2.05, 4.69) is 377 Å². The molecule has 0 amide bonds. The normalized spacial score (nSPS) is 14.8. The lowest BCUT2D eigenvalue weighted by Gasteiger charge is -2.35. The fourth-order valence-corrected chi connectivity index (χ4v) is 17.8. The van der Waals surface area contributed by atoms with Crippen LogP contribution in [0.2, 0.25) is 0 Å². The van der Waals surface area contributed by atoms with Crippen LogP contribution in [0.5, 0.6) is 0 Å². The van der Waals surface area contributed by atoms with Crippen molar-refractivity contribution in [3.05, 3.63) is 420 Å². The molecule has 2 nitrogen and oxygen atoms in total. The summed E-state index contributed by atoms with van der Waals surface area (Å²) >= 11 is 0. The third kappa shape index (κ3) is 10.3. The molecule has 0 radical (unpaired) electrons. The Labute approximate surface area is 611 Å². The summed E-state index contributed by atoms with van der Waals surface area (Å²) < 4.78 is 0. The molecule has 0 N–H and O–H groups in total. The Morgan fingerprint density at radius 1 is 0.269 bits per heavy atom. The SMILES string of the molecule is C=Cc1ccc(C2(c3ccccc3)c3ccccc3-c3ccc(N(c4cccc5ccccc45)c4ccc(-c5ccc(N(c6ccc7c(c6)C(c6ccccc6)(c6ccc(C=C)cc6)c6ccccc6-7)c6cccc7ccccc67)c6ccc(CCCC)cc56)c5cc(CCCC)ccc45)cc32)cc1. The molecular weight excluding hydrogens is 1250 g/mol. The van der Waals surface area contributed by atoms with Crippen LogP contribution in [0, 0.1) is 0 Å². The van der Waals surface area contributed by atoms with Crippen LogP contribution in [0.3, 0.4) is 0 Å². The number of nitrogens with zero attached hydrogens (tertiary/aromatic N) is 2. The number of hydrogen-bond donors (Lipinski definition) is 0. The highest BCUT2D eigenvalue weighted by Crippen LogP contribution is 2.60. The van der Waals surface area contributed by atoms with Crippen molar-refractivity contribution >= 4 is 89.4 Å². The zero-order valence-corrected chi connectivity index (χ0v) is 59.0. The summed E-state index contributed by atoms with van der Waals surface area (Å²) in [4.78, 5) is 5.15. The smallest absolute Gasteiger partial charge is 0.0714 e. The van der Waals surface area contributed by atoms with Crippen molar-refractivity contribution in [2.75, 3.05) is 9.80 Å². The number of rotatable bonds is 19. The molecular formula is C102H80N2. The summed E-state index contributed by atoms with van der Waals surface area (Å²) in [6.45, 7) is 12.9. The van der Waals surface area contributed by atoms with E-state index in [1.54, 1.807) is 0 Å². The molecule has 2 aliphatic rings. The van der Waals surface area contributed by atoms with Crippen molar-refractivity contribution in [1.29, 1.82) is 0 Å². The molecule has 2 heteroatoms. The van der Waals surface area contributed by atoms with Gasteiger partial charge in [-0.2, -0.15) is 0 Å². The maximum atomic E-state index is 4.17. The maximum Gasteiger partial charge on any atom is 0.0714 e. The van der Waals surface area contributed by atoms with Crippen LogP contribution in [0.25, 0.3) is 88.6 Å². The Balaban J connectivity index is 0.879. The predicted molar refractivity (Wildman–Crippen MR) is 443 cm³/mol. The predicted octanol–water partition coefficient (Wildman–Crippen LogP) is 27.6. The van der Waals surface area contributed by atoms with Crippen LogP contribution in [0.1, 0.15) is 106 Å². The molecule has 2 atom stereocenters. The van der Waals surface area contributed by atoms with E-state index in [0.717, 1.165) is 83.8 Å². The summed E-state index contributed by atoms with van der Waals surface area (Å²) in [5.74, 6) is 0. The average Bonchev–Trinajstić information content (AvgIpc) is 1.53. The fourth-order valence-electron chi connectivity index (χ4n) is 17.8. The van der Waals surface area contributed by atoms with Crippen LogP contribution in [-0.2, 0) is 23.7 Å². The van der Waals surface area contributed by atoms with Gasteiger partial charge >= 0.3 is 0 Å². The second kappa shape index (κ2) is 26.5.